The Morgan fingerprint density at radius 3 is 2.65 bits per heavy atom. The second-order valence-electron chi connectivity index (χ2n) is 5.72. The number of piperazine rings is 1. The van der Waals surface area contributed by atoms with Crippen LogP contribution in [0.5, 0.6) is 5.75 Å². The molecule has 1 fully saturated rings. The quantitative estimate of drug-likeness (QED) is 0.816. The number of benzene rings is 2. The minimum Gasteiger partial charge on any atom is -0.508 e. The largest absolute Gasteiger partial charge is 0.508 e. The van der Waals surface area contributed by atoms with Crippen LogP contribution in [-0.4, -0.2) is 41.7 Å². The van der Waals surface area contributed by atoms with E-state index < -0.39 is 0 Å². The van der Waals surface area contributed by atoms with Gasteiger partial charge < -0.3 is 20.6 Å². The van der Waals surface area contributed by atoms with Gasteiger partial charge in [0.25, 0.3) is 0 Å². The molecule has 0 spiro atoms. The van der Waals surface area contributed by atoms with Crippen LogP contribution in [-0.2, 0) is 6.42 Å². The van der Waals surface area contributed by atoms with E-state index in [0.717, 1.165) is 30.8 Å². The fraction of sp³-hybridized carbons (Fsp3) is 0.278. The zero-order chi connectivity index (χ0) is 16.1. The summed E-state index contributed by atoms with van der Waals surface area (Å²) in [6, 6.07) is 16.7. The number of nitrogens with zero attached hydrogens (tertiary/aromatic N) is 1. The number of carbonyl (C=O) groups excluding carboxylic acids is 1. The first-order valence-electron chi connectivity index (χ1n) is 7.83. The number of hydrogen-bond donors (Lipinski definition) is 3. The van der Waals surface area contributed by atoms with Crippen LogP contribution in [0.2, 0.25) is 0 Å². The third kappa shape index (κ3) is 4.02. The van der Waals surface area contributed by atoms with E-state index in [1.807, 2.05) is 47.4 Å². The first kappa shape index (κ1) is 15.4. The van der Waals surface area contributed by atoms with Crippen LogP contribution in [0.25, 0.3) is 0 Å². The summed E-state index contributed by atoms with van der Waals surface area (Å²) < 4.78 is 0. The molecule has 1 saturated heterocycles. The highest BCUT2D eigenvalue weighted by Gasteiger charge is 2.26. The zero-order valence-electron chi connectivity index (χ0n) is 12.9. The highest BCUT2D eigenvalue weighted by atomic mass is 16.3. The van der Waals surface area contributed by atoms with Gasteiger partial charge in [-0.3, -0.25) is 0 Å². The van der Waals surface area contributed by atoms with E-state index in [1.54, 1.807) is 12.1 Å². The van der Waals surface area contributed by atoms with E-state index in [4.69, 9.17) is 0 Å². The molecule has 120 valence electrons. The lowest BCUT2D eigenvalue weighted by atomic mass is 10.0. The van der Waals surface area contributed by atoms with E-state index in [2.05, 4.69) is 10.6 Å². The van der Waals surface area contributed by atoms with Crippen molar-refractivity contribution >= 4 is 11.7 Å². The van der Waals surface area contributed by atoms with Crippen molar-refractivity contribution in [3.63, 3.8) is 0 Å². The molecular weight excluding hydrogens is 290 g/mol. The van der Waals surface area contributed by atoms with Crippen LogP contribution < -0.4 is 10.6 Å². The third-order valence-corrected chi connectivity index (χ3v) is 4.04. The fourth-order valence-corrected chi connectivity index (χ4v) is 2.83. The van der Waals surface area contributed by atoms with Crippen LogP contribution in [0.3, 0.4) is 0 Å². The maximum absolute atomic E-state index is 12.6. The molecule has 2 amide bonds. The molecule has 0 aliphatic carbocycles. The molecular formula is C18H21N3O2. The molecule has 2 aromatic rings. The summed E-state index contributed by atoms with van der Waals surface area (Å²) in [5.41, 5.74) is 1.91. The van der Waals surface area contributed by atoms with E-state index in [-0.39, 0.29) is 17.8 Å². The summed E-state index contributed by atoms with van der Waals surface area (Å²) in [6.45, 7) is 2.25. The number of hydrogen-bond acceptors (Lipinski definition) is 3. The Bertz CT molecular complexity index is 643. The van der Waals surface area contributed by atoms with Gasteiger partial charge in [0.15, 0.2) is 0 Å². The minimum atomic E-state index is -0.0681. The molecule has 2 aromatic carbocycles. The molecule has 5 heteroatoms. The standard InChI is InChI=1S/C18H21N3O2/c22-17-8-6-14(7-9-17)12-16-13-19-10-11-21(16)18(23)20-15-4-2-1-3-5-15/h1-9,16,19,22H,10-13H2,(H,20,23). The van der Waals surface area contributed by atoms with Crippen LogP contribution in [0.4, 0.5) is 10.5 Å². The lowest BCUT2D eigenvalue weighted by molar-refractivity contribution is 0.170. The summed E-state index contributed by atoms with van der Waals surface area (Å²) in [7, 11) is 0. The number of anilines is 1. The molecule has 1 aliphatic rings. The first-order chi connectivity index (χ1) is 11.2. The summed E-state index contributed by atoms with van der Waals surface area (Å²) in [5.74, 6) is 0.259. The van der Waals surface area contributed by atoms with Crippen molar-refractivity contribution in [3.8, 4) is 5.75 Å². The number of carbonyl (C=O) groups is 1. The smallest absolute Gasteiger partial charge is 0.322 e. The molecule has 1 atom stereocenters. The van der Waals surface area contributed by atoms with Gasteiger partial charge in [-0.1, -0.05) is 30.3 Å². The second kappa shape index (κ2) is 7.15. The average molecular weight is 311 g/mol. The Morgan fingerprint density at radius 2 is 1.91 bits per heavy atom. The monoisotopic (exact) mass is 311 g/mol. The number of phenolic OH excluding ortho intramolecular Hbond substituents is 1. The number of rotatable bonds is 3. The van der Waals surface area contributed by atoms with Crippen LogP contribution in [0.15, 0.2) is 54.6 Å². The maximum atomic E-state index is 12.6. The molecule has 0 aromatic heterocycles. The van der Waals surface area contributed by atoms with Crippen molar-refractivity contribution in [2.24, 2.45) is 0 Å². The van der Waals surface area contributed by atoms with Gasteiger partial charge in [0.05, 0.1) is 0 Å². The van der Waals surface area contributed by atoms with E-state index in [1.165, 1.54) is 0 Å². The van der Waals surface area contributed by atoms with E-state index in [0.29, 0.717) is 6.54 Å². The number of urea groups is 1. The molecule has 1 aliphatic heterocycles. The molecule has 1 heterocycles. The van der Waals surface area contributed by atoms with E-state index >= 15 is 0 Å². The molecule has 23 heavy (non-hydrogen) atoms. The highest BCUT2D eigenvalue weighted by molar-refractivity contribution is 5.89. The van der Waals surface area contributed by atoms with Crippen molar-refractivity contribution < 1.29 is 9.90 Å². The summed E-state index contributed by atoms with van der Waals surface area (Å²) in [5, 5.41) is 15.7. The van der Waals surface area contributed by atoms with Crippen LogP contribution in [0, 0.1) is 0 Å². The van der Waals surface area contributed by atoms with Gasteiger partial charge in [-0.2, -0.15) is 0 Å². The molecule has 0 bridgehead atoms. The Kier molecular flexibility index (Phi) is 4.78. The maximum Gasteiger partial charge on any atom is 0.322 e. The van der Waals surface area contributed by atoms with E-state index in [9.17, 15) is 9.90 Å². The Morgan fingerprint density at radius 1 is 1.17 bits per heavy atom. The first-order valence-corrected chi connectivity index (χ1v) is 7.83. The summed E-state index contributed by atoms with van der Waals surface area (Å²) in [6.07, 6.45) is 0.759. The van der Waals surface area contributed by atoms with Gasteiger partial charge in [0, 0.05) is 31.4 Å². The number of para-hydroxylation sites is 1. The molecule has 0 radical (unpaired) electrons. The predicted molar refractivity (Wildman–Crippen MR) is 90.6 cm³/mol. The Hall–Kier alpha value is -2.53. The summed E-state index contributed by atoms with van der Waals surface area (Å²) in [4.78, 5) is 14.5. The lowest BCUT2D eigenvalue weighted by Crippen LogP contribution is -2.55. The van der Waals surface area contributed by atoms with Gasteiger partial charge in [-0.15, -0.1) is 0 Å². The second-order valence-corrected chi connectivity index (χ2v) is 5.72. The van der Waals surface area contributed by atoms with Crippen molar-refractivity contribution in [3.05, 3.63) is 60.2 Å². The topological polar surface area (TPSA) is 64.6 Å². The van der Waals surface area contributed by atoms with Crippen LogP contribution >= 0.6 is 0 Å². The molecule has 3 N–H and O–H groups in total. The van der Waals surface area contributed by atoms with Crippen LogP contribution in [0.1, 0.15) is 5.56 Å². The molecule has 3 rings (SSSR count). The molecule has 5 nitrogen and oxygen atoms in total. The molecule has 0 saturated carbocycles. The highest BCUT2D eigenvalue weighted by Crippen LogP contribution is 2.16. The van der Waals surface area contributed by atoms with Gasteiger partial charge in [-0.05, 0) is 36.2 Å². The fourth-order valence-electron chi connectivity index (χ4n) is 2.83. The third-order valence-electron chi connectivity index (χ3n) is 4.04. The number of phenols is 1. The van der Waals surface area contributed by atoms with Crippen molar-refractivity contribution in [1.29, 1.82) is 0 Å². The van der Waals surface area contributed by atoms with Crippen molar-refractivity contribution in [1.82, 2.24) is 10.2 Å². The zero-order valence-corrected chi connectivity index (χ0v) is 12.9. The SMILES string of the molecule is O=C(Nc1ccccc1)N1CCNCC1Cc1ccc(O)cc1. The minimum absolute atomic E-state index is 0.0681. The average Bonchev–Trinajstić information content (AvgIpc) is 2.58. The Balaban J connectivity index is 1.68. The van der Waals surface area contributed by atoms with Gasteiger partial charge in [-0.25, -0.2) is 4.79 Å². The predicted octanol–water partition coefficient (Wildman–Crippen LogP) is 2.44. The number of amides is 2. The van der Waals surface area contributed by atoms with Gasteiger partial charge in [0.2, 0.25) is 0 Å². The number of nitrogens with one attached hydrogen (secondary N) is 2. The molecule has 1 unspecified atom stereocenters. The lowest BCUT2D eigenvalue weighted by Gasteiger charge is -2.36. The number of aromatic hydroxyl groups is 1. The summed E-state index contributed by atoms with van der Waals surface area (Å²) >= 11 is 0. The van der Waals surface area contributed by atoms with Gasteiger partial charge >= 0.3 is 6.03 Å². The van der Waals surface area contributed by atoms with Gasteiger partial charge in [0.1, 0.15) is 5.75 Å². The van der Waals surface area contributed by atoms with Crippen molar-refractivity contribution in [2.75, 3.05) is 25.0 Å². The Labute approximate surface area is 135 Å². The van der Waals surface area contributed by atoms with Crippen molar-refractivity contribution in [2.45, 2.75) is 12.5 Å². The normalized spacial score (nSPS) is 17.7.